The number of nitrogens with zero attached hydrogens (tertiary/aromatic N) is 3. The molecule has 1 aromatic rings. The van der Waals surface area contributed by atoms with Gasteiger partial charge in [-0.3, -0.25) is 0 Å². The van der Waals surface area contributed by atoms with Crippen molar-refractivity contribution in [2.75, 3.05) is 5.73 Å². The second kappa shape index (κ2) is 5.19. The fourth-order valence-corrected chi connectivity index (χ4v) is 1.67. The van der Waals surface area contributed by atoms with Crippen LogP contribution in [0.25, 0.3) is 4.85 Å². The van der Waals surface area contributed by atoms with E-state index in [0.29, 0.717) is 12.4 Å². The van der Waals surface area contributed by atoms with E-state index in [0.717, 1.165) is 25.1 Å². The fourth-order valence-electron chi connectivity index (χ4n) is 1.67. The van der Waals surface area contributed by atoms with Crippen molar-refractivity contribution in [1.29, 1.82) is 0 Å². The number of anilines is 1. The molecule has 0 aliphatic rings. The summed E-state index contributed by atoms with van der Waals surface area (Å²) < 4.78 is 1.75. The van der Waals surface area contributed by atoms with Crippen LogP contribution < -0.4 is 5.73 Å². The molecule has 0 unspecified atom stereocenters. The number of aliphatic hydroxyl groups is 1. The van der Waals surface area contributed by atoms with Gasteiger partial charge in [0.25, 0.3) is 0 Å². The Balaban J connectivity index is 3.06. The normalized spacial score (nSPS) is 11.5. The van der Waals surface area contributed by atoms with Crippen LogP contribution in [0.5, 0.6) is 0 Å². The summed E-state index contributed by atoms with van der Waals surface area (Å²) in [5.74, 6) is 1.38. The summed E-state index contributed by atoms with van der Waals surface area (Å²) in [7, 11) is 0. The van der Waals surface area contributed by atoms with Gasteiger partial charge in [-0.1, -0.05) is 19.9 Å². The number of aromatic nitrogens is 2. The summed E-state index contributed by atoms with van der Waals surface area (Å²) in [6.07, 6.45) is 2.84. The number of hydrogen-bond donors (Lipinski definition) is 2. The molecule has 0 amide bonds. The third-order valence-electron chi connectivity index (χ3n) is 2.47. The van der Waals surface area contributed by atoms with E-state index in [1.165, 1.54) is 0 Å². The Kier molecular flexibility index (Phi) is 4.13. The third-order valence-corrected chi connectivity index (χ3v) is 2.47. The molecule has 3 N–H and O–H groups in total. The number of nitrogens with two attached hydrogens (primary N) is 1. The smallest absolute Gasteiger partial charge is 0.311 e. The Labute approximate surface area is 102 Å². The van der Waals surface area contributed by atoms with E-state index in [-0.39, 0.29) is 5.82 Å². The molecule has 94 valence electrons. The molecule has 0 radical (unpaired) electrons. The Hall–Kier alpha value is -1.54. The Morgan fingerprint density at radius 1 is 1.53 bits per heavy atom. The minimum absolute atomic E-state index is 0.236. The molecule has 0 bridgehead atoms. The highest BCUT2D eigenvalue weighted by atomic mass is 16.3. The SMILES string of the molecule is [C-]#[N+]c1nc(CCCC)n(CC(C)(C)O)c1N. The van der Waals surface area contributed by atoms with Crippen LogP contribution in [0.1, 0.15) is 39.4 Å². The van der Waals surface area contributed by atoms with Crippen LogP contribution >= 0.6 is 0 Å². The van der Waals surface area contributed by atoms with Crippen molar-refractivity contribution in [3.05, 3.63) is 17.2 Å². The summed E-state index contributed by atoms with van der Waals surface area (Å²) in [6, 6.07) is 0. The fraction of sp³-hybridized carbons (Fsp3) is 0.667. The summed E-state index contributed by atoms with van der Waals surface area (Å²) in [6.45, 7) is 12.9. The number of imidazole rings is 1. The molecule has 0 fully saturated rings. The van der Waals surface area contributed by atoms with Crippen molar-refractivity contribution in [2.45, 2.75) is 52.2 Å². The first-order valence-corrected chi connectivity index (χ1v) is 5.83. The minimum Gasteiger partial charge on any atom is -0.392 e. The van der Waals surface area contributed by atoms with E-state index in [1.807, 2.05) is 0 Å². The van der Waals surface area contributed by atoms with E-state index in [4.69, 9.17) is 12.3 Å². The number of unbranched alkanes of at least 4 members (excludes halogenated alkanes) is 1. The van der Waals surface area contributed by atoms with E-state index >= 15 is 0 Å². The van der Waals surface area contributed by atoms with Gasteiger partial charge in [0.1, 0.15) is 5.82 Å². The maximum absolute atomic E-state index is 9.85. The molecule has 0 spiro atoms. The molecule has 1 aromatic heterocycles. The molecule has 5 nitrogen and oxygen atoms in total. The molecule has 1 rings (SSSR count). The van der Waals surface area contributed by atoms with Crippen molar-refractivity contribution < 1.29 is 5.11 Å². The maximum Gasteiger partial charge on any atom is 0.311 e. The predicted molar refractivity (Wildman–Crippen MR) is 67.8 cm³/mol. The van der Waals surface area contributed by atoms with Gasteiger partial charge >= 0.3 is 5.82 Å². The lowest BCUT2D eigenvalue weighted by Gasteiger charge is -2.19. The zero-order chi connectivity index (χ0) is 13.1. The maximum atomic E-state index is 9.85. The Morgan fingerprint density at radius 2 is 2.18 bits per heavy atom. The molecule has 0 aliphatic heterocycles. The third kappa shape index (κ3) is 3.46. The molecular formula is C12H20N4O. The average molecular weight is 236 g/mol. The summed E-state index contributed by atoms with van der Waals surface area (Å²) >= 11 is 0. The number of hydrogen-bond acceptors (Lipinski definition) is 3. The van der Waals surface area contributed by atoms with Gasteiger partial charge in [0.05, 0.1) is 12.1 Å². The summed E-state index contributed by atoms with van der Waals surface area (Å²) in [5, 5.41) is 9.85. The second-order valence-corrected chi connectivity index (χ2v) is 4.85. The first-order chi connectivity index (χ1) is 7.89. The quantitative estimate of drug-likeness (QED) is 0.769. The summed E-state index contributed by atoms with van der Waals surface area (Å²) in [5.41, 5.74) is 5.00. The lowest BCUT2D eigenvalue weighted by Crippen LogP contribution is -2.27. The van der Waals surface area contributed by atoms with Crippen LogP contribution in [0.3, 0.4) is 0 Å². The van der Waals surface area contributed by atoms with Crippen LogP contribution in [0, 0.1) is 6.57 Å². The number of aryl methyl sites for hydroxylation is 1. The lowest BCUT2D eigenvalue weighted by molar-refractivity contribution is 0.0612. The van der Waals surface area contributed by atoms with Gasteiger partial charge in [0, 0.05) is 6.42 Å². The zero-order valence-corrected chi connectivity index (χ0v) is 10.7. The highest BCUT2D eigenvalue weighted by molar-refractivity contribution is 5.59. The number of nitrogen functional groups attached to an aromatic ring is 1. The van der Waals surface area contributed by atoms with Crippen LogP contribution in [-0.4, -0.2) is 20.3 Å². The van der Waals surface area contributed by atoms with Gasteiger partial charge in [0.2, 0.25) is 5.82 Å². The van der Waals surface area contributed by atoms with E-state index < -0.39 is 5.60 Å². The first-order valence-electron chi connectivity index (χ1n) is 5.83. The van der Waals surface area contributed by atoms with Crippen molar-refractivity contribution in [2.24, 2.45) is 0 Å². The molecule has 5 heteroatoms. The molecule has 0 saturated carbocycles. The van der Waals surface area contributed by atoms with Gasteiger partial charge < -0.3 is 20.3 Å². The van der Waals surface area contributed by atoms with Crippen molar-refractivity contribution in [3.63, 3.8) is 0 Å². The van der Waals surface area contributed by atoms with Crippen LogP contribution in [0.15, 0.2) is 0 Å². The van der Waals surface area contributed by atoms with E-state index in [2.05, 4.69) is 16.8 Å². The number of rotatable bonds is 5. The molecule has 0 atom stereocenters. The van der Waals surface area contributed by atoms with Crippen molar-refractivity contribution in [1.82, 2.24) is 9.55 Å². The average Bonchev–Trinajstić information content (AvgIpc) is 2.51. The van der Waals surface area contributed by atoms with Crippen LogP contribution in [-0.2, 0) is 13.0 Å². The van der Waals surface area contributed by atoms with Gasteiger partial charge in [0.15, 0.2) is 0 Å². The highest BCUT2D eigenvalue weighted by Gasteiger charge is 2.22. The largest absolute Gasteiger partial charge is 0.392 e. The minimum atomic E-state index is -0.866. The van der Waals surface area contributed by atoms with Crippen LogP contribution in [0.4, 0.5) is 11.6 Å². The van der Waals surface area contributed by atoms with Crippen LogP contribution in [0.2, 0.25) is 0 Å². The topological polar surface area (TPSA) is 68.4 Å². The summed E-state index contributed by atoms with van der Waals surface area (Å²) in [4.78, 5) is 7.52. The van der Waals surface area contributed by atoms with E-state index in [1.54, 1.807) is 18.4 Å². The molecule has 17 heavy (non-hydrogen) atoms. The van der Waals surface area contributed by atoms with Gasteiger partial charge in [-0.25, -0.2) is 0 Å². The van der Waals surface area contributed by atoms with Gasteiger partial charge in [-0.2, -0.15) is 0 Å². The Bertz CT molecular complexity index is 423. The molecule has 0 saturated heterocycles. The standard InChI is InChI=1S/C12H20N4O/c1-5-6-7-9-15-11(14-4)10(13)16(9)8-12(2,3)17/h17H,5-8,13H2,1-3H3. The molecule has 0 aromatic carbocycles. The molecule has 0 aliphatic carbocycles. The molecular weight excluding hydrogens is 216 g/mol. The molecule has 1 heterocycles. The predicted octanol–water partition coefficient (Wildman–Crippen LogP) is 2.13. The second-order valence-electron chi connectivity index (χ2n) is 4.85. The highest BCUT2D eigenvalue weighted by Crippen LogP contribution is 2.25. The van der Waals surface area contributed by atoms with Crippen molar-refractivity contribution >= 4 is 11.6 Å². The zero-order valence-electron chi connectivity index (χ0n) is 10.7. The monoisotopic (exact) mass is 236 g/mol. The van der Waals surface area contributed by atoms with E-state index in [9.17, 15) is 5.11 Å². The lowest BCUT2D eigenvalue weighted by atomic mass is 10.1. The first kappa shape index (κ1) is 13.5. The van der Waals surface area contributed by atoms with Crippen molar-refractivity contribution in [3.8, 4) is 0 Å². The van der Waals surface area contributed by atoms with Gasteiger partial charge in [-0.05, 0) is 20.3 Å². The Morgan fingerprint density at radius 3 is 2.65 bits per heavy atom. The van der Waals surface area contributed by atoms with Gasteiger partial charge in [-0.15, -0.1) is 4.98 Å².